The molecule has 2 unspecified atom stereocenters. The second-order valence-electron chi connectivity index (χ2n) is 7.03. The predicted octanol–water partition coefficient (Wildman–Crippen LogP) is 4.81. The molecule has 0 bridgehead atoms. The molecule has 0 aliphatic heterocycles. The van der Waals surface area contributed by atoms with Crippen LogP contribution < -0.4 is 0 Å². The average molecular weight is 326 g/mol. The lowest BCUT2D eigenvalue weighted by atomic mass is 9.60. The summed E-state index contributed by atoms with van der Waals surface area (Å²) in [5.74, 6) is -1.69. The third-order valence-electron chi connectivity index (χ3n) is 5.53. The maximum absolute atomic E-state index is 13.0. The molecule has 4 nitrogen and oxygen atoms in total. The fraction of sp³-hybridized carbons (Fsp3) is 0.895. The first-order valence-corrected chi connectivity index (χ1v) is 9.40. The van der Waals surface area contributed by atoms with Crippen molar-refractivity contribution >= 4 is 11.9 Å². The van der Waals surface area contributed by atoms with Gasteiger partial charge in [0.15, 0.2) is 0 Å². The number of esters is 1. The van der Waals surface area contributed by atoms with Crippen LogP contribution in [0.3, 0.4) is 0 Å². The van der Waals surface area contributed by atoms with Crippen LogP contribution in [0.1, 0.15) is 85.0 Å². The predicted molar refractivity (Wildman–Crippen MR) is 91.2 cm³/mol. The molecule has 0 spiro atoms. The molecule has 0 heterocycles. The van der Waals surface area contributed by atoms with E-state index >= 15 is 0 Å². The Morgan fingerprint density at radius 1 is 1.13 bits per heavy atom. The summed E-state index contributed by atoms with van der Waals surface area (Å²) in [7, 11) is 0. The van der Waals surface area contributed by atoms with E-state index in [0.29, 0.717) is 13.0 Å². The molecule has 0 radical (unpaired) electrons. The number of carboxylic acids is 1. The van der Waals surface area contributed by atoms with E-state index in [0.717, 1.165) is 51.4 Å². The lowest BCUT2D eigenvalue weighted by Gasteiger charge is -2.43. The Morgan fingerprint density at radius 2 is 1.74 bits per heavy atom. The molecule has 0 aromatic carbocycles. The molecule has 1 fully saturated rings. The van der Waals surface area contributed by atoms with Crippen LogP contribution in [0.15, 0.2) is 0 Å². The van der Waals surface area contributed by atoms with Crippen molar-refractivity contribution < 1.29 is 19.4 Å². The maximum Gasteiger partial charge on any atom is 0.313 e. The molecule has 1 aliphatic rings. The van der Waals surface area contributed by atoms with Crippen LogP contribution in [0.2, 0.25) is 0 Å². The molecule has 4 heteroatoms. The van der Waals surface area contributed by atoms with Gasteiger partial charge >= 0.3 is 11.9 Å². The van der Waals surface area contributed by atoms with Crippen LogP contribution in [0.4, 0.5) is 0 Å². The molecular formula is C19H34O4. The van der Waals surface area contributed by atoms with Crippen molar-refractivity contribution in [2.45, 2.75) is 85.0 Å². The van der Waals surface area contributed by atoms with Crippen LogP contribution in [0.5, 0.6) is 0 Å². The second kappa shape index (κ2) is 9.94. The van der Waals surface area contributed by atoms with Gasteiger partial charge in [-0.15, -0.1) is 0 Å². The molecule has 0 aromatic heterocycles. The number of unbranched alkanes of at least 4 members (excludes halogenated alkanes) is 2. The van der Waals surface area contributed by atoms with Crippen molar-refractivity contribution in [3.8, 4) is 0 Å². The van der Waals surface area contributed by atoms with Crippen molar-refractivity contribution in [1.82, 2.24) is 0 Å². The third-order valence-corrected chi connectivity index (χ3v) is 5.53. The summed E-state index contributed by atoms with van der Waals surface area (Å²) in [6.45, 7) is 6.24. The highest BCUT2D eigenvalue weighted by atomic mass is 16.5. The van der Waals surface area contributed by atoms with Gasteiger partial charge in [0.1, 0.15) is 0 Å². The van der Waals surface area contributed by atoms with Crippen molar-refractivity contribution in [3.05, 3.63) is 0 Å². The van der Waals surface area contributed by atoms with Gasteiger partial charge in [0.05, 0.1) is 17.9 Å². The maximum atomic E-state index is 13.0. The molecule has 1 rings (SSSR count). The summed E-state index contributed by atoms with van der Waals surface area (Å²) >= 11 is 0. The van der Waals surface area contributed by atoms with E-state index in [2.05, 4.69) is 13.8 Å². The molecule has 0 aromatic rings. The second-order valence-corrected chi connectivity index (χ2v) is 7.03. The van der Waals surface area contributed by atoms with Crippen molar-refractivity contribution in [1.29, 1.82) is 0 Å². The molecular weight excluding hydrogens is 292 g/mol. The molecule has 134 valence electrons. The van der Waals surface area contributed by atoms with E-state index < -0.39 is 17.3 Å². The number of ether oxygens (including phenoxy) is 1. The molecule has 0 saturated heterocycles. The molecule has 0 amide bonds. The fourth-order valence-electron chi connectivity index (χ4n) is 3.97. The van der Waals surface area contributed by atoms with Gasteiger partial charge in [-0.2, -0.15) is 0 Å². The number of hydrogen-bond donors (Lipinski definition) is 1. The van der Waals surface area contributed by atoms with Gasteiger partial charge in [-0.1, -0.05) is 59.3 Å². The number of carbonyl (C=O) groups is 2. The average Bonchev–Trinajstić information content (AvgIpc) is 2.56. The van der Waals surface area contributed by atoms with Gasteiger partial charge in [0, 0.05) is 0 Å². The molecule has 1 saturated carbocycles. The highest BCUT2D eigenvalue weighted by Gasteiger charge is 2.52. The van der Waals surface area contributed by atoms with E-state index in [4.69, 9.17) is 4.74 Å². The zero-order valence-electron chi connectivity index (χ0n) is 15.1. The molecule has 23 heavy (non-hydrogen) atoms. The zero-order valence-corrected chi connectivity index (χ0v) is 15.1. The number of aliphatic carboxylic acids is 1. The summed E-state index contributed by atoms with van der Waals surface area (Å²) in [6.07, 6.45) is 9.53. The SMILES string of the molecule is CCCCOC(=O)C(CCCC)(C1CCCCC1)C(C)C(=O)O. The van der Waals surface area contributed by atoms with E-state index in [9.17, 15) is 14.7 Å². The lowest BCUT2D eigenvalue weighted by molar-refractivity contribution is -0.174. The first kappa shape index (κ1) is 20.0. The fourth-order valence-corrected chi connectivity index (χ4v) is 3.97. The standard InChI is InChI=1S/C19H34O4/c1-4-6-13-19(15(3)17(20)21,16-11-9-8-10-12-16)18(22)23-14-7-5-2/h15-16H,4-14H2,1-3H3,(H,20,21). The largest absolute Gasteiger partial charge is 0.481 e. The normalized spacial score (nSPS) is 19.8. The van der Waals surface area contributed by atoms with Gasteiger partial charge in [-0.05, 0) is 31.6 Å². The van der Waals surface area contributed by atoms with E-state index in [1.54, 1.807) is 6.92 Å². The molecule has 1 N–H and O–H groups in total. The smallest absolute Gasteiger partial charge is 0.313 e. The number of carboxylic acid groups (broad SMARTS) is 1. The Bertz CT molecular complexity index is 374. The summed E-state index contributed by atoms with van der Waals surface area (Å²) in [4.78, 5) is 24.8. The topological polar surface area (TPSA) is 63.6 Å². The summed E-state index contributed by atoms with van der Waals surface area (Å²) in [6, 6.07) is 0. The number of hydrogen-bond acceptors (Lipinski definition) is 3. The van der Waals surface area contributed by atoms with Gasteiger partial charge in [0.25, 0.3) is 0 Å². The lowest BCUT2D eigenvalue weighted by Crippen LogP contribution is -2.48. The molecule has 1 aliphatic carbocycles. The van der Waals surface area contributed by atoms with Crippen molar-refractivity contribution in [2.24, 2.45) is 17.3 Å². The first-order valence-electron chi connectivity index (χ1n) is 9.40. The number of rotatable bonds is 10. The minimum absolute atomic E-state index is 0.142. The van der Waals surface area contributed by atoms with Gasteiger partial charge in [0.2, 0.25) is 0 Å². The quantitative estimate of drug-likeness (QED) is 0.462. The molecule has 2 atom stereocenters. The van der Waals surface area contributed by atoms with Gasteiger partial charge < -0.3 is 9.84 Å². The van der Waals surface area contributed by atoms with E-state index in [1.165, 1.54) is 6.42 Å². The monoisotopic (exact) mass is 326 g/mol. The Labute approximate surface area is 141 Å². The summed E-state index contributed by atoms with van der Waals surface area (Å²) < 4.78 is 5.57. The Kier molecular flexibility index (Phi) is 8.64. The van der Waals surface area contributed by atoms with Gasteiger partial charge in [-0.25, -0.2) is 0 Å². The van der Waals surface area contributed by atoms with Crippen molar-refractivity contribution in [2.75, 3.05) is 6.61 Å². The van der Waals surface area contributed by atoms with Crippen LogP contribution in [-0.4, -0.2) is 23.7 Å². The van der Waals surface area contributed by atoms with Crippen LogP contribution in [0.25, 0.3) is 0 Å². The third kappa shape index (κ3) is 4.95. The summed E-state index contributed by atoms with van der Waals surface area (Å²) in [5, 5.41) is 9.66. The van der Waals surface area contributed by atoms with Crippen LogP contribution in [0, 0.1) is 17.3 Å². The highest BCUT2D eigenvalue weighted by molar-refractivity contribution is 5.84. The number of carbonyl (C=O) groups excluding carboxylic acids is 1. The highest BCUT2D eigenvalue weighted by Crippen LogP contribution is 2.48. The van der Waals surface area contributed by atoms with Crippen molar-refractivity contribution in [3.63, 3.8) is 0 Å². The first-order chi connectivity index (χ1) is 11.0. The Balaban J connectivity index is 3.09. The van der Waals surface area contributed by atoms with Crippen LogP contribution >= 0.6 is 0 Å². The zero-order chi connectivity index (χ0) is 17.3. The van der Waals surface area contributed by atoms with E-state index in [1.807, 2.05) is 0 Å². The Hall–Kier alpha value is -1.06. The minimum Gasteiger partial charge on any atom is -0.481 e. The van der Waals surface area contributed by atoms with E-state index in [-0.39, 0.29) is 11.9 Å². The Morgan fingerprint density at radius 3 is 2.26 bits per heavy atom. The van der Waals surface area contributed by atoms with Crippen LogP contribution in [-0.2, 0) is 14.3 Å². The summed E-state index contributed by atoms with van der Waals surface area (Å²) in [5.41, 5.74) is -0.851. The van der Waals surface area contributed by atoms with Gasteiger partial charge in [-0.3, -0.25) is 9.59 Å². The minimum atomic E-state index is -0.876.